The van der Waals surface area contributed by atoms with Crippen LogP contribution in [0.5, 0.6) is 0 Å². The van der Waals surface area contributed by atoms with Gasteiger partial charge in [0.25, 0.3) is 0 Å². The highest BCUT2D eigenvalue weighted by Gasteiger charge is 2.37. The number of aromatic nitrogens is 1. The molecule has 1 saturated heterocycles. The molecular weight excluding hydrogens is 258 g/mol. The number of nitrogens with one attached hydrogen (secondary N) is 1. The van der Waals surface area contributed by atoms with Gasteiger partial charge in [-0.05, 0) is 63.8 Å². The van der Waals surface area contributed by atoms with Crippen LogP contribution < -0.4 is 5.32 Å². The molecule has 112 valence electrons. The van der Waals surface area contributed by atoms with Crippen molar-refractivity contribution in [3.05, 3.63) is 35.5 Å². The van der Waals surface area contributed by atoms with E-state index in [0.717, 1.165) is 24.5 Å². The fourth-order valence-electron chi connectivity index (χ4n) is 3.00. The van der Waals surface area contributed by atoms with Crippen molar-refractivity contribution in [2.45, 2.75) is 45.7 Å². The van der Waals surface area contributed by atoms with Crippen molar-refractivity contribution in [1.29, 1.82) is 0 Å². The average molecular weight is 283 g/mol. The Morgan fingerprint density at radius 1 is 1.38 bits per heavy atom. The van der Waals surface area contributed by atoms with Gasteiger partial charge in [-0.25, -0.2) is 4.98 Å². The van der Waals surface area contributed by atoms with Crippen molar-refractivity contribution in [3.8, 4) is 11.8 Å². The van der Waals surface area contributed by atoms with Crippen LogP contribution in [-0.2, 0) is 0 Å². The Labute approximate surface area is 128 Å². The van der Waals surface area contributed by atoms with Crippen molar-refractivity contribution in [1.82, 2.24) is 9.88 Å². The predicted molar refractivity (Wildman–Crippen MR) is 89.3 cm³/mol. The summed E-state index contributed by atoms with van der Waals surface area (Å²) in [5, 5.41) is 3.03. The molecule has 1 aliphatic heterocycles. The Kier molecular flexibility index (Phi) is 4.69. The zero-order chi connectivity index (χ0) is 15.5. The highest BCUT2D eigenvalue weighted by molar-refractivity contribution is 5.41. The number of hydrogen-bond acceptors (Lipinski definition) is 3. The summed E-state index contributed by atoms with van der Waals surface area (Å²) in [4.78, 5) is 6.94. The number of pyridine rings is 1. The van der Waals surface area contributed by atoms with Crippen LogP contribution in [0.2, 0.25) is 0 Å². The average Bonchev–Trinajstić information content (AvgIpc) is 2.74. The minimum Gasteiger partial charge on any atom is -0.373 e. The second-order valence-corrected chi connectivity index (χ2v) is 6.19. The SMILES string of the molecule is CNc1cccc(C#C/C=C2\CCN(C(C)C)C2(C)C)n1. The smallest absolute Gasteiger partial charge is 0.127 e. The fourth-order valence-corrected chi connectivity index (χ4v) is 3.00. The largest absolute Gasteiger partial charge is 0.373 e. The summed E-state index contributed by atoms with van der Waals surface area (Å²) >= 11 is 0. The van der Waals surface area contributed by atoms with Crippen molar-refractivity contribution in [2.24, 2.45) is 0 Å². The molecule has 3 heteroatoms. The molecule has 0 aliphatic carbocycles. The summed E-state index contributed by atoms with van der Waals surface area (Å²) in [6.07, 6.45) is 3.18. The number of hydrogen-bond donors (Lipinski definition) is 1. The van der Waals surface area contributed by atoms with Gasteiger partial charge >= 0.3 is 0 Å². The lowest BCUT2D eigenvalue weighted by Gasteiger charge is -2.35. The summed E-state index contributed by atoms with van der Waals surface area (Å²) in [7, 11) is 1.86. The third-order valence-corrected chi connectivity index (χ3v) is 4.20. The standard InChI is InChI=1S/C18H25N3/c1-14(2)21-13-12-15(18(21,3)4)8-6-9-16-10-7-11-17(19-5)20-16/h7-8,10-11,14H,12-13H2,1-5H3,(H,19,20)/b15-8+. The lowest BCUT2D eigenvalue weighted by atomic mass is 9.94. The summed E-state index contributed by atoms with van der Waals surface area (Å²) in [6.45, 7) is 10.2. The van der Waals surface area contributed by atoms with E-state index >= 15 is 0 Å². The predicted octanol–water partition coefficient (Wildman–Crippen LogP) is 3.29. The fraction of sp³-hybridized carbons (Fsp3) is 0.500. The van der Waals surface area contributed by atoms with Crippen molar-refractivity contribution < 1.29 is 0 Å². The van der Waals surface area contributed by atoms with Crippen molar-refractivity contribution in [3.63, 3.8) is 0 Å². The molecule has 0 unspecified atom stereocenters. The first-order valence-corrected chi connectivity index (χ1v) is 7.57. The Morgan fingerprint density at radius 3 is 2.76 bits per heavy atom. The zero-order valence-electron chi connectivity index (χ0n) is 13.7. The van der Waals surface area contributed by atoms with Gasteiger partial charge in [-0.2, -0.15) is 0 Å². The van der Waals surface area contributed by atoms with E-state index in [-0.39, 0.29) is 5.54 Å². The molecule has 0 bridgehead atoms. The molecule has 2 heterocycles. The Bertz CT molecular complexity index is 588. The summed E-state index contributed by atoms with van der Waals surface area (Å²) in [6, 6.07) is 6.40. The van der Waals surface area contributed by atoms with Crippen molar-refractivity contribution in [2.75, 3.05) is 18.9 Å². The van der Waals surface area contributed by atoms with Crippen LogP contribution in [0.25, 0.3) is 0 Å². The molecule has 0 atom stereocenters. The maximum atomic E-state index is 4.41. The third-order valence-electron chi connectivity index (χ3n) is 4.20. The molecule has 2 rings (SSSR count). The Morgan fingerprint density at radius 2 is 2.14 bits per heavy atom. The monoisotopic (exact) mass is 283 g/mol. The molecule has 0 radical (unpaired) electrons. The number of allylic oxidation sites excluding steroid dienone is 1. The number of rotatable bonds is 2. The van der Waals surface area contributed by atoms with Gasteiger partial charge in [0.05, 0.1) is 0 Å². The molecule has 0 spiro atoms. The van der Waals surface area contributed by atoms with Crippen LogP contribution in [0, 0.1) is 11.8 Å². The summed E-state index contributed by atoms with van der Waals surface area (Å²) in [5.74, 6) is 7.16. The minimum atomic E-state index is 0.100. The summed E-state index contributed by atoms with van der Waals surface area (Å²) in [5.41, 5.74) is 2.31. The van der Waals surface area contributed by atoms with E-state index in [9.17, 15) is 0 Å². The summed E-state index contributed by atoms with van der Waals surface area (Å²) < 4.78 is 0. The number of likely N-dealkylation sites (tertiary alicyclic amines) is 1. The van der Waals surface area contributed by atoms with Gasteiger partial charge in [-0.1, -0.05) is 12.0 Å². The molecule has 1 fully saturated rings. The van der Waals surface area contributed by atoms with Crippen LogP contribution in [0.1, 0.15) is 39.8 Å². The first kappa shape index (κ1) is 15.6. The lowest BCUT2D eigenvalue weighted by Crippen LogP contribution is -2.43. The maximum Gasteiger partial charge on any atom is 0.127 e. The quantitative estimate of drug-likeness (QED) is 0.844. The number of nitrogens with zero attached hydrogens (tertiary/aromatic N) is 2. The van der Waals surface area contributed by atoms with E-state index in [1.807, 2.05) is 25.2 Å². The van der Waals surface area contributed by atoms with Gasteiger partial charge in [0, 0.05) is 25.2 Å². The van der Waals surface area contributed by atoms with Crippen LogP contribution in [0.4, 0.5) is 5.82 Å². The van der Waals surface area contributed by atoms with E-state index < -0.39 is 0 Å². The van der Waals surface area contributed by atoms with E-state index in [1.165, 1.54) is 5.57 Å². The Balaban J connectivity index is 2.17. The van der Waals surface area contributed by atoms with E-state index in [0.29, 0.717) is 6.04 Å². The highest BCUT2D eigenvalue weighted by Crippen LogP contribution is 2.35. The number of anilines is 1. The van der Waals surface area contributed by atoms with Gasteiger partial charge in [-0.15, -0.1) is 0 Å². The maximum absolute atomic E-state index is 4.41. The van der Waals surface area contributed by atoms with Gasteiger partial charge < -0.3 is 5.32 Å². The molecule has 1 aliphatic rings. The molecule has 0 aromatic carbocycles. The minimum absolute atomic E-state index is 0.100. The van der Waals surface area contributed by atoms with Gasteiger partial charge in [0.2, 0.25) is 0 Å². The highest BCUT2D eigenvalue weighted by atomic mass is 15.2. The lowest BCUT2D eigenvalue weighted by molar-refractivity contribution is 0.154. The van der Waals surface area contributed by atoms with Crippen molar-refractivity contribution >= 4 is 5.82 Å². The van der Waals surface area contributed by atoms with Crippen LogP contribution in [0.15, 0.2) is 29.8 Å². The first-order valence-electron chi connectivity index (χ1n) is 7.57. The van der Waals surface area contributed by atoms with Crippen LogP contribution >= 0.6 is 0 Å². The van der Waals surface area contributed by atoms with E-state index in [2.05, 4.69) is 60.8 Å². The third kappa shape index (κ3) is 3.46. The normalized spacial score (nSPS) is 19.6. The molecule has 1 aromatic rings. The molecule has 1 aromatic heterocycles. The molecule has 0 saturated carbocycles. The van der Waals surface area contributed by atoms with Crippen LogP contribution in [0.3, 0.4) is 0 Å². The van der Waals surface area contributed by atoms with E-state index in [4.69, 9.17) is 0 Å². The van der Waals surface area contributed by atoms with Gasteiger partial charge in [0.15, 0.2) is 0 Å². The molecule has 1 N–H and O–H groups in total. The second-order valence-electron chi connectivity index (χ2n) is 6.19. The zero-order valence-corrected chi connectivity index (χ0v) is 13.7. The topological polar surface area (TPSA) is 28.2 Å². The molecule has 0 amide bonds. The molecule has 21 heavy (non-hydrogen) atoms. The van der Waals surface area contributed by atoms with Gasteiger partial charge in [0.1, 0.15) is 11.5 Å². The second kappa shape index (κ2) is 6.32. The Hall–Kier alpha value is -1.79. The molecular formula is C18H25N3. The van der Waals surface area contributed by atoms with Crippen LogP contribution in [-0.4, -0.2) is 35.1 Å². The molecule has 3 nitrogen and oxygen atoms in total. The van der Waals surface area contributed by atoms with E-state index in [1.54, 1.807) is 0 Å². The van der Waals surface area contributed by atoms with Gasteiger partial charge in [-0.3, -0.25) is 4.90 Å². The first-order chi connectivity index (χ1) is 9.95.